The van der Waals surface area contributed by atoms with Crippen molar-refractivity contribution in [2.45, 2.75) is 31.6 Å². The predicted molar refractivity (Wildman–Crippen MR) is 77.6 cm³/mol. The third-order valence-corrected chi connectivity index (χ3v) is 3.37. The first-order valence-corrected chi connectivity index (χ1v) is 7.26. The number of hydrogen-bond donors (Lipinski definition) is 2. The van der Waals surface area contributed by atoms with Crippen molar-refractivity contribution in [3.63, 3.8) is 0 Å². The molecule has 1 aliphatic carbocycles. The molecule has 0 aromatic carbocycles. The van der Waals surface area contributed by atoms with Gasteiger partial charge < -0.3 is 10.3 Å². The average molecular weight is 308 g/mol. The van der Waals surface area contributed by atoms with Crippen LogP contribution in [0.1, 0.15) is 25.7 Å². The van der Waals surface area contributed by atoms with Gasteiger partial charge in [0.05, 0.1) is 12.7 Å². The minimum Gasteiger partial charge on any atom is -0.370 e. The minimum atomic E-state index is -0.333. The zero-order valence-corrected chi connectivity index (χ0v) is 12.3. The molecule has 0 spiro atoms. The molecule has 2 heterocycles. The molecule has 1 aliphatic rings. The van der Waals surface area contributed by atoms with Crippen molar-refractivity contribution in [3.8, 4) is 11.5 Å². The highest BCUT2D eigenvalue weighted by atomic mass is 32.2. The number of nitrogens with two attached hydrogens (primary N) is 1. The number of primary amides is 1. The van der Waals surface area contributed by atoms with E-state index in [2.05, 4.69) is 30.6 Å². The summed E-state index contributed by atoms with van der Waals surface area (Å²) >= 11 is 1.74. The summed E-state index contributed by atoms with van der Waals surface area (Å²) in [6, 6.07) is 0. The standard InChI is InChI=1S/C10H11N5OS.C2H5NO/c1-2-7(1)17-13-6-9-14-10(15-16-9)8-5-11-3-4-12-8;1-2(3)4/h3-5,7,13H,1-2,6H2;1H3,(H2,3,4). The van der Waals surface area contributed by atoms with Gasteiger partial charge in [0, 0.05) is 24.6 Å². The Morgan fingerprint density at radius 3 is 2.90 bits per heavy atom. The van der Waals surface area contributed by atoms with Crippen molar-refractivity contribution in [1.29, 1.82) is 0 Å². The number of aromatic nitrogens is 4. The molecule has 1 fully saturated rings. The van der Waals surface area contributed by atoms with Crippen molar-refractivity contribution in [2.24, 2.45) is 5.73 Å². The molecule has 3 rings (SSSR count). The summed E-state index contributed by atoms with van der Waals surface area (Å²) in [6.45, 7) is 1.88. The highest BCUT2D eigenvalue weighted by Gasteiger charge is 2.22. The Kier molecular flexibility index (Phi) is 5.64. The molecular weight excluding hydrogens is 292 g/mol. The molecule has 0 saturated heterocycles. The molecule has 0 radical (unpaired) electrons. The first-order valence-electron chi connectivity index (χ1n) is 6.38. The molecule has 112 valence electrons. The van der Waals surface area contributed by atoms with Gasteiger partial charge in [0.1, 0.15) is 5.69 Å². The third-order valence-electron chi connectivity index (χ3n) is 2.26. The highest BCUT2D eigenvalue weighted by Crippen LogP contribution is 2.31. The van der Waals surface area contributed by atoms with Crippen LogP contribution in [-0.4, -0.2) is 31.3 Å². The van der Waals surface area contributed by atoms with Gasteiger partial charge in [-0.15, -0.1) is 0 Å². The van der Waals surface area contributed by atoms with Crippen molar-refractivity contribution in [2.75, 3.05) is 0 Å². The van der Waals surface area contributed by atoms with E-state index in [9.17, 15) is 4.79 Å². The van der Waals surface area contributed by atoms with Crippen LogP contribution < -0.4 is 10.5 Å². The lowest BCUT2D eigenvalue weighted by Gasteiger charge is -1.96. The van der Waals surface area contributed by atoms with Crippen molar-refractivity contribution >= 4 is 17.9 Å². The normalized spacial score (nSPS) is 13.4. The van der Waals surface area contributed by atoms with Gasteiger partial charge in [0.15, 0.2) is 0 Å². The van der Waals surface area contributed by atoms with Crippen LogP contribution in [0.2, 0.25) is 0 Å². The van der Waals surface area contributed by atoms with E-state index >= 15 is 0 Å². The quantitative estimate of drug-likeness (QED) is 0.782. The molecule has 8 nitrogen and oxygen atoms in total. The monoisotopic (exact) mass is 308 g/mol. The summed E-state index contributed by atoms with van der Waals surface area (Å²) in [5, 5.41) is 4.62. The molecule has 21 heavy (non-hydrogen) atoms. The fourth-order valence-electron chi connectivity index (χ4n) is 1.25. The summed E-state index contributed by atoms with van der Waals surface area (Å²) < 4.78 is 8.33. The van der Waals surface area contributed by atoms with E-state index in [0.717, 1.165) is 5.25 Å². The Balaban J connectivity index is 0.000000361. The maximum atomic E-state index is 9.22. The maximum absolute atomic E-state index is 9.22. The third kappa shape index (κ3) is 5.88. The molecule has 0 aliphatic heterocycles. The Bertz CT molecular complexity index is 568. The summed E-state index contributed by atoms with van der Waals surface area (Å²) in [7, 11) is 0. The van der Waals surface area contributed by atoms with Gasteiger partial charge in [0.25, 0.3) is 0 Å². The van der Waals surface area contributed by atoms with Crippen LogP contribution in [0.15, 0.2) is 23.1 Å². The summed E-state index contributed by atoms with van der Waals surface area (Å²) in [6.07, 6.45) is 7.42. The molecule has 2 aromatic rings. The number of rotatable bonds is 5. The fraction of sp³-hybridized carbons (Fsp3) is 0.417. The number of nitrogens with zero attached hydrogens (tertiary/aromatic N) is 4. The number of nitrogens with one attached hydrogen (secondary N) is 1. The van der Waals surface area contributed by atoms with Gasteiger partial charge in [-0.25, -0.2) is 4.98 Å². The SMILES string of the molecule is CC(N)=O.c1cnc(-c2noc(CNSC3CC3)n2)cn1. The van der Waals surface area contributed by atoms with Crippen LogP contribution in [0.4, 0.5) is 0 Å². The largest absolute Gasteiger partial charge is 0.370 e. The fourth-order valence-corrected chi connectivity index (χ4v) is 2.07. The molecule has 1 saturated carbocycles. The van der Waals surface area contributed by atoms with E-state index in [1.807, 2.05) is 0 Å². The van der Waals surface area contributed by atoms with Crippen LogP contribution in [0.25, 0.3) is 11.5 Å². The zero-order valence-electron chi connectivity index (χ0n) is 11.5. The number of hydrogen-bond acceptors (Lipinski definition) is 8. The van der Waals surface area contributed by atoms with Crippen molar-refractivity contribution in [3.05, 3.63) is 24.5 Å². The molecule has 9 heteroatoms. The molecule has 3 N–H and O–H groups in total. The van der Waals surface area contributed by atoms with Gasteiger partial charge in [-0.3, -0.25) is 14.5 Å². The van der Waals surface area contributed by atoms with E-state index < -0.39 is 0 Å². The van der Waals surface area contributed by atoms with Gasteiger partial charge in [0.2, 0.25) is 17.6 Å². The van der Waals surface area contributed by atoms with E-state index in [4.69, 9.17) is 4.52 Å². The van der Waals surface area contributed by atoms with Crippen molar-refractivity contribution in [1.82, 2.24) is 24.8 Å². The molecule has 2 aromatic heterocycles. The second-order valence-electron chi connectivity index (χ2n) is 4.35. The summed E-state index contributed by atoms with van der Waals surface area (Å²) in [4.78, 5) is 21.5. The van der Waals surface area contributed by atoms with Crippen LogP contribution in [0, 0.1) is 0 Å². The lowest BCUT2D eigenvalue weighted by molar-refractivity contribution is -0.115. The Morgan fingerprint density at radius 2 is 2.29 bits per heavy atom. The van der Waals surface area contributed by atoms with Crippen LogP contribution in [-0.2, 0) is 11.3 Å². The van der Waals surface area contributed by atoms with Crippen molar-refractivity contribution < 1.29 is 9.32 Å². The summed E-state index contributed by atoms with van der Waals surface area (Å²) in [5.41, 5.74) is 5.09. The predicted octanol–water partition coefficient (Wildman–Crippen LogP) is 0.918. The zero-order chi connectivity index (χ0) is 15.1. The number of carbonyl (C=O) groups excluding carboxylic acids is 1. The Hall–Kier alpha value is -2.00. The number of carbonyl (C=O) groups is 1. The van der Waals surface area contributed by atoms with Gasteiger partial charge in [-0.2, -0.15) is 4.98 Å². The van der Waals surface area contributed by atoms with E-state index in [0.29, 0.717) is 24.0 Å². The van der Waals surface area contributed by atoms with Crippen LogP contribution >= 0.6 is 11.9 Å². The van der Waals surface area contributed by atoms with Crippen LogP contribution in [0.3, 0.4) is 0 Å². The Labute approximate surface area is 126 Å². The van der Waals surface area contributed by atoms with Crippen LogP contribution in [0.5, 0.6) is 0 Å². The number of amides is 1. The first-order chi connectivity index (χ1) is 10.1. The topological polar surface area (TPSA) is 120 Å². The maximum Gasteiger partial charge on any atom is 0.241 e. The lowest BCUT2D eigenvalue weighted by Crippen LogP contribution is -2.04. The van der Waals surface area contributed by atoms with Gasteiger partial charge >= 0.3 is 0 Å². The average Bonchev–Trinajstić information content (AvgIpc) is 3.15. The van der Waals surface area contributed by atoms with E-state index in [1.165, 1.54) is 19.8 Å². The van der Waals surface area contributed by atoms with E-state index in [1.54, 1.807) is 30.5 Å². The molecule has 1 amide bonds. The smallest absolute Gasteiger partial charge is 0.241 e. The summed E-state index contributed by atoms with van der Waals surface area (Å²) in [5.74, 6) is 0.713. The van der Waals surface area contributed by atoms with E-state index in [-0.39, 0.29) is 5.91 Å². The molecule has 0 unspecified atom stereocenters. The van der Waals surface area contributed by atoms with Gasteiger partial charge in [-0.1, -0.05) is 17.1 Å². The molecule has 0 bridgehead atoms. The first kappa shape index (κ1) is 15.4. The minimum absolute atomic E-state index is 0.333. The second-order valence-corrected chi connectivity index (χ2v) is 5.54. The van der Waals surface area contributed by atoms with Gasteiger partial charge in [-0.05, 0) is 12.8 Å². The highest BCUT2D eigenvalue weighted by molar-refractivity contribution is 7.98. The Morgan fingerprint density at radius 1 is 1.52 bits per heavy atom. The second kappa shape index (κ2) is 7.70. The molecule has 0 atom stereocenters. The molecular formula is C12H16N6O2S. The lowest BCUT2D eigenvalue weighted by atomic mass is 10.4.